The van der Waals surface area contributed by atoms with Gasteiger partial charge in [0.25, 0.3) is 0 Å². The van der Waals surface area contributed by atoms with E-state index in [1.165, 1.54) is 16.0 Å². The fourth-order valence-electron chi connectivity index (χ4n) is 4.91. The van der Waals surface area contributed by atoms with Gasteiger partial charge < -0.3 is 15.0 Å². The molecule has 5 rings (SSSR count). The first-order valence-corrected chi connectivity index (χ1v) is 12.9. The van der Waals surface area contributed by atoms with E-state index in [-0.39, 0.29) is 19.7 Å². The first-order valence-electron chi connectivity index (χ1n) is 11.4. The molecule has 1 aliphatic heterocycles. The lowest BCUT2D eigenvalue weighted by Crippen LogP contribution is -2.60. The van der Waals surface area contributed by atoms with Crippen LogP contribution in [0.15, 0.2) is 36.4 Å². The maximum Gasteiger partial charge on any atom is 0.410 e. The molecule has 33 heavy (non-hydrogen) atoms. The molecule has 2 N–H and O–H groups in total. The van der Waals surface area contributed by atoms with Crippen LogP contribution >= 0.6 is 0 Å². The van der Waals surface area contributed by atoms with Gasteiger partial charge in [-0.1, -0.05) is 36.4 Å². The predicted octanol–water partition coefficient (Wildman–Crippen LogP) is 3.14. The summed E-state index contributed by atoms with van der Waals surface area (Å²) in [4.78, 5) is 26.1. The van der Waals surface area contributed by atoms with Crippen LogP contribution in [0.25, 0.3) is 0 Å². The second-order valence-electron chi connectivity index (χ2n) is 8.90. The molecule has 9 heteroatoms. The van der Waals surface area contributed by atoms with Gasteiger partial charge in [0.05, 0.1) is 0 Å². The number of urea groups is 1. The summed E-state index contributed by atoms with van der Waals surface area (Å²) in [7, 11) is -3.92. The Labute approximate surface area is 193 Å². The molecule has 1 fully saturated rings. The fraction of sp³-hybridized carbons (Fsp3) is 0.417. The lowest BCUT2D eigenvalue weighted by molar-refractivity contribution is 0.0767. The van der Waals surface area contributed by atoms with Gasteiger partial charge in [-0.25, -0.2) is 22.7 Å². The molecule has 174 valence electrons. The molecule has 3 amide bonds. The maximum atomic E-state index is 12.7. The number of rotatable bonds is 5. The molecule has 8 nitrogen and oxygen atoms in total. The monoisotopic (exact) mass is 469 g/mol. The van der Waals surface area contributed by atoms with Crippen molar-refractivity contribution < 1.29 is 22.7 Å². The zero-order valence-electron chi connectivity index (χ0n) is 18.3. The standard InChI is InChI=1S/C24H27N3O5S/c28-23(25-22-20-10-4-8-17(20)12-18-9-5-11-21(18)22)26-33(30,31)19-13-27(14-19)24(29)32-15-16-6-2-1-3-7-16/h1-3,6-7,12,19H,4-5,8-11,13-15H2,(H2,25,26,28). The van der Waals surface area contributed by atoms with Crippen LogP contribution in [0.1, 0.15) is 40.7 Å². The predicted molar refractivity (Wildman–Crippen MR) is 124 cm³/mol. The summed E-state index contributed by atoms with van der Waals surface area (Å²) in [5.74, 6) is 0. The molecular formula is C24H27N3O5S. The first kappa shape index (κ1) is 21.8. The Hall–Kier alpha value is -3.07. The molecule has 0 atom stereocenters. The number of likely N-dealkylation sites (tertiary alicyclic amines) is 1. The van der Waals surface area contributed by atoms with Crippen LogP contribution in [0, 0.1) is 0 Å². The van der Waals surface area contributed by atoms with E-state index >= 15 is 0 Å². The van der Waals surface area contributed by atoms with Gasteiger partial charge in [0.2, 0.25) is 10.0 Å². The van der Waals surface area contributed by atoms with Crippen LogP contribution in [0.2, 0.25) is 0 Å². The Morgan fingerprint density at radius 3 is 2.24 bits per heavy atom. The third-order valence-electron chi connectivity index (χ3n) is 6.70. The van der Waals surface area contributed by atoms with Crippen LogP contribution < -0.4 is 10.0 Å². The Balaban J connectivity index is 1.16. The normalized spacial score (nSPS) is 17.2. The SMILES string of the molecule is O=C(Nc1c2c(cc3c1CCC3)CCC2)NS(=O)(=O)C1CN(C(=O)OCc2ccccc2)C1. The minimum Gasteiger partial charge on any atom is -0.445 e. The van der Waals surface area contributed by atoms with Crippen molar-refractivity contribution >= 4 is 27.8 Å². The summed E-state index contributed by atoms with van der Waals surface area (Å²) < 4.78 is 32.7. The zero-order valence-corrected chi connectivity index (χ0v) is 19.1. The van der Waals surface area contributed by atoms with Gasteiger partial charge in [0, 0.05) is 18.8 Å². The summed E-state index contributed by atoms with van der Waals surface area (Å²) in [6, 6.07) is 10.8. The van der Waals surface area contributed by atoms with Crippen molar-refractivity contribution in [2.45, 2.75) is 50.4 Å². The smallest absolute Gasteiger partial charge is 0.410 e. The molecule has 0 unspecified atom stereocenters. The highest BCUT2D eigenvalue weighted by Crippen LogP contribution is 2.38. The van der Waals surface area contributed by atoms with Crippen molar-refractivity contribution in [2.75, 3.05) is 18.4 Å². The van der Waals surface area contributed by atoms with Crippen molar-refractivity contribution in [1.82, 2.24) is 9.62 Å². The van der Waals surface area contributed by atoms with E-state index in [9.17, 15) is 18.0 Å². The minimum atomic E-state index is -3.92. The van der Waals surface area contributed by atoms with E-state index in [1.807, 2.05) is 30.3 Å². The van der Waals surface area contributed by atoms with E-state index in [4.69, 9.17) is 4.74 Å². The number of amides is 3. The molecule has 0 saturated carbocycles. The summed E-state index contributed by atoms with van der Waals surface area (Å²) >= 11 is 0. The maximum absolute atomic E-state index is 12.7. The van der Waals surface area contributed by atoms with Gasteiger partial charge in [-0.05, 0) is 66.3 Å². The van der Waals surface area contributed by atoms with Crippen LogP contribution in [0.3, 0.4) is 0 Å². The van der Waals surface area contributed by atoms with Crippen molar-refractivity contribution in [3.63, 3.8) is 0 Å². The molecule has 2 aromatic carbocycles. The number of nitrogens with one attached hydrogen (secondary N) is 2. The van der Waals surface area contributed by atoms with Gasteiger partial charge in [-0.2, -0.15) is 0 Å². The van der Waals surface area contributed by atoms with E-state index < -0.39 is 27.4 Å². The summed E-state index contributed by atoms with van der Waals surface area (Å²) in [6.45, 7) is 0.110. The highest BCUT2D eigenvalue weighted by molar-refractivity contribution is 7.90. The molecule has 0 bridgehead atoms. The van der Waals surface area contributed by atoms with Gasteiger partial charge >= 0.3 is 12.1 Å². The Bertz CT molecular complexity index is 1160. The summed E-state index contributed by atoms with van der Waals surface area (Å²) in [5, 5.41) is 1.99. The highest BCUT2D eigenvalue weighted by Gasteiger charge is 2.41. The van der Waals surface area contributed by atoms with Crippen LogP contribution in [-0.2, 0) is 47.1 Å². The molecule has 1 heterocycles. The third-order valence-corrected chi connectivity index (χ3v) is 8.34. The molecule has 0 aromatic heterocycles. The van der Waals surface area contributed by atoms with Gasteiger partial charge in [-0.15, -0.1) is 0 Å². The van der Waals surface area contributed by atoms with Crippen LogP contribution in [-0.4, -0.2) is 43.8 Å². The van der Waals surface area contributed by atoms with Gasteiger partial charge in [0.1, 0.15) is 11.9 Å². The van der Waals surface area contributed by atoms with Crippen LogP contribution in [0.4, 0.5) is 15.3 Å². The lowest BCUT2D eigenvalue weighted by atomic mass is 9.99. The van der Waals surface area contributed by atoms with E-state index in [1.54, 1.807) is 0 Å². The number of hydrogen-bond donors (Lipinski definition) is 2. The number of anilines is 1. The number of carbonyl (C=O) groups is 2. The average Bonchev–Trinajstić information content (AvgIpc) is 3.40. The van der Waals surface area contributed by atoms with E-state index in [0.717, 1.165) is 60.9 Å². The number of aryl methyl sites for hydroxylation is 2. The van der Waals surface area contributed by atoms with Crippen molar-refractivity contribution in [2.24, 2.45) is 0 Å². The first-order chi connectivity index (χ1) is 15.9. The van der Waals surface area contributed by atoms with Crippen molar-refractivity contribution in [1.29, 1.82) is 0 Å². The van der Waals surface area contributed by atoms with Gasteiger partial charge in [-0.3, -0.25) is 0 Å². The number of fused-ring (bicyclic) bond motifs is 2. The summed E-state index contributed by atoms with van der Waals surface area (Å²) in [6.07, 6.45) is 5.31. The molecule has 0 spiro atoms. The number of hydrogen-bond acceptors (Lipinski definition) is 5. The zero-order chi connectivity index (χ0) is 23.0. The Morgan fingerprint density at radius 2 is 1.61 bits per heavy atom. The third kappa shape index (κ3) is 4.42. The molecule has 2 aliphatic carbocycles. The average molecular weight is 470 g/mol. The Morgan fingerprint density at radius 1 is 0.970 bits per heavy atom. The molecule has 3 aliphatic rings. The molecule has 2 aromatic rings. The van der Waals surface area contributed by atoms with Crippen LogP contribution in [0.5, 0.6) is 0 Å². The second-order valence-corrected chi connectivity index (χ2v) is 10.9. The number of carbonyl (C=O) groups excluding carboxylic acids is 2. The van der Waals surface area contributed by atoms with Gasteiger partial charge in [0.15, 0.2) is 0 Å². The number of sulfonamides is 1. The largest absolute Gasteiger partial charge is 0.445 e. The number of ether oxygens (including phenoxy) is 1. The van der Waals surface area contributed by atoms with E-state index in [2.05, 4.69) is 16.1 Å². The summed E-state index contributed by atoms with van der Waals surface area (Å²) in [5.41, 5.74) is 6.45. The molecule has 0 radical (unpaired) electrons. The number of benzene rings is 2. The molecule has 1 saturated heterocycles. The minimum absolute atomic E-state index is 0.00757. The van der Waals surface area contributed by atoms with E-state index in [0.29, 0.717) is 0 Å². The van der Waals surface area contributed by atoms with Crippen molar-refractivity contribution in [3.8, 4) is 0 Å². The lowest BCUT2D eigenvalue weighted by Gasteiger charge is -2.37. The number of nitrogens with zero attached hydrogens (tertiary/aromatic N) is 1. The van der Waals surface area contributed by atoms with Crippen molar-refractivity contribution in [3.05, 3.63) is 64.2 Å². The highest BCUT2D eigenvalue weighted by atomic mass is 32.2. The molecular weight excluding hydrogens is 442 g/mol. The fourth-order valence-corrected chi connectivity index (χ4v) is 6.14. The topological polar surface area (TPSA) is 105 Å². The quantitative estimate of drug-likeness (QED) is 0.700. The Kier molecular flexibility index (Phi) is 5.74. The second kappa shape index (κ2) is 8.70.